The van der Waals surface area contributed by atoms with Crippen molar-refractivity contribution in [2.45, 2.75) is 13.0 Å². The van der Waals surface area contributed by atoms with Crippen LogP contribution in [0.5, 0.6) is 17.2 Å². The van der Waals surface area contributed by atoms with Crippen LogP contribution in [-0.2, 0) is 0 Å². The van der Waals surface area contributed by atoms with Crippen LogP contribution in [0.3, 0.4) is 0 Å². The van der Waals surface area contributed by atoms with Gasteiger partial charge in [0.05, 0.1) is 21.3 Å². The fourth-order valence-corrected chi connectivity index (χ4v) is 3.41. The van der Waals surface area contributed by atoms with Crippen LogP contribution in [0, 0.1) is 6.92 Å². The fourth-order valence-electron chi connectivity index (χ4n) is 3.41. The molecule has 0 bridgehead atoms. The third-order valence-electron chi connectivity index (χ3n) is 4.82. The highest BCUT2D eigenvalue weighted by atomic mass is 16.5. The van der Waals surface area contributed by atoms with Crippen LogP contribution in [-0.4, -0.2) is 36.1 Å². The van der Waals surface area contributed by atoms with Gasteiger partial charge < -0.3 is 19.5 Å². The summed E-state index contributed by atoms with van der Waals surface area (Å²) in [6.07, 6.45) is 3.64. The lowest BCUT2D eigenvalue weighted by atomic mass is 9.99. The second-order valence-corrected chi connectivity index (χ2v) is 6.47. The summed E-state index contributed by atoms with van der Waals surface area (Å²) in [6.45, 7) is 2.07. The maximum atomic E-state index is 5.70. The molecule has 0 amide bonds. The summed E-state index contributed by atoms with van der Waals surface area (Å²) >= 11 is 0. The minimum Gasteiger partial charge on any atom is -0.493 e. The number of methoxy groups -OCH3 is 3. The Balaban J connectivity index is 1.87. The third-order valence-corrected chi connectivity index (χ3v) is 4.82. The molecule has 1 atom stereocenters. The quantitative estimate of drug-likeness (QED) is 0.731. The summed E-state index contributed by atoms with van der Waals surface area (Å²) in [6, 6.07) is 12.0. The highest BCUT2D eigenvalue weighted by Crippen LogP contribution is 2.45. The van der Waals surface area contributed by atoms with Crippen LogP contribution in [0.1, 0.15) is 22.7 Å². The molecule has 7 heteroatoms. The lowest BCUT2D eigenvalue weighted by Crippen LogP contribution is -2.21. The van der Waals surface area contributed by atoms with Crippen molar-refractivity contribution in [3.63, 3.8) is 0 Å². The highest BCUT2D eigenvalue weighted by molar-refractivity contribution is 5.77. The second-order valence-electron chi connectivity index (χ2n) is 6.47. The Morgan fingerprint density at radius 3 is 2.36 bits per heavy atom. The van der Waals surface area contributed by atoms with E-state index in [1.54, 1.807) is 21.3 Å². The van der Waals surface area contributed by atoms with Crippen molar-refractivity contribution >= 4 is 11.6 Å². The lowest BCUT2D eigenvalue weighted by Gasteiger charge is -2.26. The maximum Gasteiger partial charge on any atom is 0.226 e. The minimum atomic E-state index is -0.218. The molecule has 7 nitrogen and oxygen atoms in total. The van der Waals surface area contributed by atoms with Crippen LogP contribution in [0.25, 0.3) is 5.70 Å². The van der Waals surface area contributed by atoms with Crippen molar-refractivity contribution in [3.05, 3.63) is 65.5 Å². The molecule has 1 aliphatic rings. The molecule has 1 N–H and O–H groups in total. The molecule has 2 aromatic carbocycles. The van der Waals surface area contributed by atoms with Gasteiger partial charge in [0.15, 0.2) is 11.5 Å². The first-order chi connectivity index (χ1) is 13.7. The van der Waals surface area contributed by atoms with Crippen molar-refractivity contribution in [1.82, 2.24) is 14.8 Å². The van der Waals surface area contributed by atoms with E-state index in [0.29, 0.717) is 23.2 Å². The Morgan fingerprint density at radius 1 is 0.929 bits per heavy atom. The monoisotopic (exact) mass is 378 g/mol. The van der Waals surface area contributed by atoms with Crippen LogP contribution in [0.4, 0.5) is 5.95 Å². The molecule has 1 aliphatic heterocycles. The number of nitrogens with one attached hydrogen (secondary N) is 1. The molecular formula is C21H22N4O3. The van der Waals surface area contributed by atoms with E-state index in [1.165, 1.54) is 11.9 Å². The summed E-state index contributed by atoms with van der Waals surface area (Å²) < 4.78 is 18.5. The molecule has 0 fully saturated rings. The zero-order chi connectivity index (χ0) is 19.7. The Morgan fingerprint density at radius 2 is 1.68 bits per heavy atom. The Hall–Kier alpha value is -3.48. The number of nitrogens with zero attached hydrogens (tertiary/aromatic N) is 3. The van der Waals surface area contributed by atoms with Gasteiger partial charge in [-0.3, -0.25) is 0 Å². The summed E-state index contributed by atoms with van der Waals surface area (Å²) in [5.74, 6) is 2.43. The first-order valence-corrected chi connectivity index (χ1v) is 8.90. The lowest BCUT2D eigenvalue weighted by molar-refractivity contribution is 0.320. The number of hydrogen-bond donors (Lipinski definition) is 1. The maximum absolute atomic E-state index is 5.70. The smallest absolute Gasteiger partial charge is 0.226 e. The summed E-state index contributed by atoms with van der Waals surface area (Å²) in [5.41, 5.74) is 4.14. The van der Waals surface area contributed by atoms with Gasteiger partial charge in [-0.15, -0.1) is 0 Å². The largest absolute Gasteiger partial charge is 0.493 e. The van der Waals surface area contributed by atoms with E-state index in [9.17, 15) is 0 Å². The van der Waals surface area contributed by atoms with Gasteiger partial charge in [0, 0.05) is 11.3 Å². The molecule has 0 saturated heterocycles. The van der Waals surface area contributed by atoms with Gasteiger partial charge in [-0.25, -0.2) is 4.68 Å². The predicted octanol–water partition coefficient (Wildman–Crippen LogP) is 3.67. The van der Waals surface area contributed by atoms with Gasteiger partial charge in [-0.05, 0) is 30.7 Å². The molecule has 144 valence electrons. The Labute approximate surface area is 163 Å². The second kappa shape index (κ2) is 7.26. The number of anilines is 1. The molecule has 1 aromatic heterocycles. The number of ether oxygens (including phenoxy) is 3. The van der Waals surface area contributed by atoms with E-state index in [2.05, 4.69) is 52.7 Å². The van der Waals surface area contributed by atoms with E-state index in [-0.39, 0.29) is 6.04 Å². The number of rotatable bonds is 5. The summed E-state index contributed by atoms with van der Waals surface area (Å²) in [7, 11) is 4.82. The average Bonchev–Trinajstić information content (AvgIpc) is 3.21. The topological polar surface area (TPSA) is 70.4 Å². The van der Waals surface area contributed by atoms with E-state index in [1.807, 2.05) is 16.8 Å². The van der Waals surface area contributed by atoms with Crippen LogP contribution in [0.2, 0.25) is 0 Å². The van der Waals surface area contributed by atoms with Crippen molar-refractivity contribution in [1.29, 1.82) is 0 Å². The Bertz CT molecular complexity index is 1020. The van der Waals surface area contributed by atoms with Crippen LogP contribution < -0.4 is 19.5 Å². The van der Waals surface area contributed by atoms with E-state index < -0.39 is 0 Å². The number of hydrogen-bond acceptors (Lipinski definition) is 6. The summed E-state index contributed by atoms with van der Waals surface area (Å²) in [5, 5.41) is 7.76. The third kappa shape index (κ3) is 2.94. The molecule has 28 heavy (non-hydrogen) atoms. The van der Waals surface area contributed by atoms with Crippen LogP contribution in [0.15, 0.2) is 48.8 Å². The molecule has 0 saturated carbocycles. The van der Waals surface area contributed by atoms with Gasteiger partial charge >= 0.3 is 0 Å². The highest BCUT2D eigenvalue weighted by Gasteiger charge is 2.28. The van der Waals surface area contributed by atoms with Gasteiger partial charge in [-0.1, -0.05) is 29.8 Å². The SMILES string of the molecule is COc1ccc([C@@H]2C=C(c3ccc(C)cc3)Nc3ncnn32)c(OC)c1OC. The molecule has 0 spiro atoms. The zero-order valence-electron chi connectivity index (χ0n) is 16.3. The molecule has 0 aliphatic carbocycles. The van der Waals surface area contributed by atoms with Crippen LogP contribution >= 0.6 is 0 Å². The van der Waals surface area contributed by atoms with Gasteiger partial charge in [0.2, 0.25) is 11.7 Å². The number of aromatic nitrogens is 3. The van der Waals surface area contributed by atoms with Crippen molar-refractivity contribution in [2.75, 3.05) is 26.6 Å². The molecule has 4 rings (SSSR count). The molecule has 2 heterocycles. The number of fused-ring (bicyclic) bond motifs is 1. The van der Waals surface area contributed by atoms with E-state index >= 15 is 0 Å². The zero-order valence-corrected chi connectivity index (χ0v) is 16.3. The molecule has 3 aromatic rings. The van der Waals surface area contributed by atoms with Crippen molar-refractivity contribution in [2.24, 2.45) is 0 Å². The van der Waals surface area contributed by atoms with Crippen molar-refractivity contribution < 1.29 is 14.2 Å². The molecule has 0 radical (unpaired) electrons. The van der Waals surface area contributed by atoms with Gasteiger partial charge in [0.25, 0.3) is 0 Å². The predicted molar refractivity (Wildman–Crippen MR) is 107 cm³/mol. The van der Waals surface area contributed by atoms with Gasteiger partial charge in [-0.2, -0.15) is 10.1 Å². The fraction of sp³-hybridized carbons (Fsp3) is 0.238. The Kier molecular flexibility index (Phi) is 4.65. The number of benzene rings is 2. The number of aryl methyl sites for hydroxylation is 1. The number of allylic oxidation sites excluding steroid dienone is 1. The summed E-state index contributed by atoms with van der Waals surface area (Å²) in [4.78, 5) is 4.36. The normalized spacial score (nSPS) is 15.3. The van der Waals surface area contributed by atoms with Gasteiger partial charge in [0.1, 0.15) is 12.4 Å². The minimum absolute atomic E-state index is 0.218. The first-order valence-electron chi connectivity index (χ1n) is 8.90. The first kappa shape index (κ1) is 17.9. The van der Waals surface area contributed by atoms with E-state index in [0.717, 1.165) is 16.8 Å². The average molecular weight is 378 g/mol. The van der Waals surface area contributed by atoms with E-state index in [4.69, 9.17) is 14.2 Å². The van der Waals surface area contributed by atoms with Crippen molar-refractivity contribution in [3.8, 4) is 17.2 Å². The molecular weight excluding hydrogens is 356 g/mol. The molecule has 0 unspecified atom stereocenters. The standard InChI is InChI=1S/C21H22N4O3/c1-13-5-7-14(8-6-13)16-11-17(25-21(24-16)22-12-23-25)15-9-10-18(26-2)20(28-4)19(15)27-3/h5-12,17H,1-4H3,(H,22,23,24)/t17-/m0/s1.